The van der Waals surface area contributed by atoms with Gasteiger partial charge >= 0.3 is 11.9 Å². The molecule has 0 unspecified atom stereocenters. The number of hydrogen-bond acceptors (Lipinski definition) is 8. The minimum absolute atomic E-state index is 0.121. The first-order valence-electron chi connectivity index (χ1n) is 11.9. The number of carbonyl (C=O) groups is 3. The van der Waals surface area contributed by atoms with E-state index in [4.69, 9.17) is 9.47 Å². The molecule has 0 spiro atoms. The van der Waals surface area contributed by atoms with Crippen molar-refractivity contribution < 1.29 is 23.9 Å². The Morgan fingerprint density at radius 3 is 2.34 bits per heavy atom. The van der Waals surface area contributed by atoms with Crippen LogP contribution in [0.1, 0.15) is 67.7 Å². The van der Waals surface area contributed by atoms with Crippen molar-refractivity contribution in [3.63, 3.8) is 0 Å². The number of nitrogens with zero attached hydrogens (tertiary/aromatic N) is 1. The van der Waals surface area contributed by atoms with Gasteiger partial charge in [0, 0.05) is 30.8 Å². The Hall–Kier alpha value is -2.78. The average molecular weight is 504 g/mol. The summed E-state index contributed by atoms with van der Waals surface area (Å²) < 4.78 is 10.4. The fourth-order valence-electron chi connectivity index (χ4n) is 3.97. The van der Waals surface area contributed by atoms with Crippen molar-refractivity contribution in [3.05, 3.63) is 52.0 Å². The highest BCUT2D eigenvalue weighted by molar-refractivity contribution is 7.09. The summed E-state index contributed by atoms with van der Waals surface area (Å²) in [4.78, 5) is 41.3. The van der Waals surface area contributed by atoms with E-state index in [9.17, 15) is 14.4 Å². The van der Waals surface area contributed by atoms with E-state index in [2.05, 4.69) is 29.5 Å². The molecule has 0 aliphatic carbocycles. The fourth-order valence-corrected chi connectivity index (χ4v) is 4.81. The Bertz CT molecular complexity index is 963. The van der Waals surface area contributed by atoms with Gasteiger partial charge in [-0.15, -0.1) is 11.3 Å². The maximum atomic E-state index is 13.1. The Morgan fingerprint density at radius 1 is 1.09 bits per heavy atom. The summed E-state index contributed by atoms with van der Waals surface area (Å²) in [7, 11) is 3.23. The van der Waals surface area contributed by atoms with E-state index in [1.165, 1.54) is 25.4 Å². The Kier molecular flexibility index (Phi) is 11.3. The second kappa shape index (κ2) is 13.9. The number of ether oxygens (including phenoxy) is 2. The van der Waals surface area contributed by atoms with Crippen molar-refractivity contribution in [2.24, 2.45) is 11.8 Å². The standard InChI is InChI=1S/C26H37N3O5S/c1-16(2)21(27-5)14-23(34-18(4)30)25-29-22(15-35-25)24(31)28-20(12-17(3)26(32)33-6)13-19-10-8-7-9-11-19/h7-11,15-17,20-21,23,27H,12-14H2,1-6H3,(H,28,31)/t17-,20+,21+,23+/m0/s1. The molecular formula is C26H37N3O5S. The molecule has 2 N–H and O–H groups in total. The molecule has 2 rings (SSSR count). The number of amides is 1. The smallest absolute Gasteiger partial charge is 0.308 e. The molecule has 0 fully saturated rings. The van der Waals surface area contributed by atoms with Crippen LogP contribution in [-0.2, 0) is 25.5 Å². The molecule has 0 saturated heterocycles. The van der Waals surface area contributed by atoms with E-state index in [-0.39, 0.29) is 35.6 Å². The van der Waals surface area contributed by atoms with Gasteiger partial charge < -0.3 is 20.1 Å². The van der Waals surface area contributed by atoms with Crippen LogP contribution in [0.3, 0.4) is 0 Å². The number of aromatic nitrogens is 1. The SMILES string of the molecule is CN[C@H](C[C@@H](OC(C)=O)c1nc(C(=O)N[C@@H](Cc2ccccc2)C[C@H](C)C(=O)OC)cs1)C(C)C. The molecule has 192 valence electrons. The molecule has 4 atom stereocenters. The lowest BCUT2D eigenvalue weighted by molar-refractivity contribution is -0.147. The summed E-state index contributed by atoms with van der Waals surface area (Å²) >= 11 is 1.29. The van der Waals surface area contributed by atoms with E-state index < -0.39 is 12.1 Å². The first kappa shape index (κ1) is 28.5. The van der Waals surface area contributed by atoms with E-state index in [1.54, 1.807) is 12.3 Å². The van der Waals surface area contributed by atoms with Crippen LogP contribution in [0.4, 0.5) is 0 Å². The number of methoxy groups -OCH3 is 1. The minimum Gasteiger partial charge on any atom is -0.469 e. The lowest BCUT2D eigenvalue weighted by Gasteiger charge is -2.24. The number of nitrogens with one attached hydrogen (secondary N) is 2. The minimum atomic E-state index is -0.543. The van der Waals surface area contributed by atoms with Crippen molar-refractivity contribution in [1.29, 1.82) is 0 Å². The van der Waals surface area contributed by atoms with E-state index in [0.29, 0.717) is 30.2 Å². The fraction of sp³-hybridized carbons (Fsp3) is 0.538. The summed E-state index contributed by atoms with van der Waals surface area (Å²) in [6, 6.07) is 9.62. The number of benzene rings is 1. The summed E-state index contributed by atoms with van der Waals surface area (Å²) in [5.41, 5.74) is 1.31. The van der Waals surface area contributed by atoms with Gasteiger partial charge in [0.25, 0.3) is 5.91 Å². The summed E-state index contributed by atoms with van der Waals surface area (Å²) in [6.07, 6.45) is 1.01. The van der Waals surface area contributed by atoms with E-state index in [1.807, 2.05) is 37.4 Å². The highest BCUT2D eigenvalue weighted by atomic mass is 32.1. The second-order valence-corrected chi connectivity index (χ2v) is 9.95. The van der Waals surface area contributed by atoms with Crippen molar-refractivity contribution in [2.45, 2.75) is 65.1 Å². The Morgan fingerprint density at radius 2 is 1.77 bits per heavy atom. The van der Waals surface area contributed by atoms with Crippen LogP contribution < -0.4 is 10.6 Å². The Balaban J connectivity index is 2.19. The van der Waals surface area contributed by atoms with Gasteiger partial charge in [0.1, 0.15) is 10.7 Å². The van der Waals surface area contributed by atoms with Crippen molar-refractivity contribution in [2.75, 3.05) is 14.2 Å². The molecular weight excluding hydrogens is 466 g/mol. The highest BCUT2D eigenvalue weighted by Crippen LogP contribution is 2.28. The second-order valence-electron chi connectivity index (χ2n) is 9.06. The number of thiazole rings is 1. The average Bonchev–Trinajstić information content (AvgIpc) is 3.31. The lowest BCUT2D eigenvalue weighted by Crippen LogP contribution is -2.39. The third-order valence-corrected chi connectivity index (χ3v) is 6.82. The summed E-state index contributed by atoms with van der Waals surface area (Å²) in [5.74, 6) is -1.09. The number of carbonyl (C=O) groups excluding carboxylic acids is 3. The first-order valence-corrected chi connectivity index (χ1v) is 12.7. The molecule has 0 aliphatic heterocycles. The topological polar surface area (TPSA) is 107 Å². The van der Waals surface area contributed by atoms with Crippen molar-refractivity contribution in [3.8, 4) is 0 Å². The molecule has 2 aromatic rings. The molecule has 0 aliphatic rings. The van der Waals surface area contributed by atoms with Gasteiger partial charge in [0.15, 0.2) is 6.10 Å². The molecule has 1 aromatic heterocycles. The van der Waals surface area contributed by atoms with Gasteiger partial charge in [0.05, 0.1) is 13.0 Å². The molecule has 8 nitrogen and oxygen atoms in total. The van der Waals surface area contributed by atoms with Crippen LogP contribution in [-0.4, -0.2) is 49.1 Å². The number of esters is 2. The van der Waals surface area contributed by atoms with Crippen LogP contribution in [0.2, 0.25) is 0 Å². The van der Waals surface area contributed by atoms with E-state index >= 15 is 0 Å². The van der Waals surface area contributed by atoms with Gasteiger partial charge in [-0.3, -0.25) is 14.4 Å². The molecule has 0 bridgehead atoms. The van der Waals surface area contributed by atoms with Crippen LogP contribution in [0.15, 0.2) is 35.7 Å². The van der Waals surface area contributed by atoms with Gasteiger partial charge in [-0.25, -0.2) is 4.98 Å². The van der Waals surface area contributed by atoms with Crippen LogP contribution in [0.25, 0.3) is 0 Å². The van der Waals surface area contributed by atoms with Gasteiger partial charge in [-0.05, 0) is 31.4 Å². The van der Waals surface area contributed by atoms with E-state index in [0.717, 1.165) is 5.56 Å². The summed E-state index contributed by atoms with van der Waals surface area (Å²) in [6.45, 7) is 7.34. The molecule has 1 aromatic carbocycles. The zero-order valence-electron chi connectivity index (χ0n) is 21.4. The van der Waals surface area contributed by atoms with Crippen LogP contribution in [0, 0.1) is 11.8 Å². The molecule has 1 heterocycles. The maximum Gasteiger partial charge on any atom is 0.308 e. The monoisotopic (exact) mass is 503 g/mol. The predicted molar refractivity (Wildman–Crippen MR) is 136 cm³/mol. The Labute approximate surface area is 211 Å². The zero-order valence-corrected chi connectivity index (χ0v) is 22.2. The van der Waals surface area contributed by atoms with Gasteiger partial charge in [0.2, 0.25) is 0 Å². The van der Waals surface area contributed by atoms with Gasteiger partial charge in [-0.2, -0.15) is 0 Å². The predicted octanol–water partition coefficient (Wildman–Crippen LogP) is 3.92. The quantitative estimate of drug-likeness (QED) is 0.399. The number of hydrogen-bond donors (Lipinski definition) is 2. The lowest BCUT2D eigenvalue weighted by atomic mass is 9.96. The summed E-state index contributed by atoms with van der Waals surface area (Å²) in [5, 5.41) is 8.54. The van der Waals surface area contributed by atoms with Crippen molar-refractivity contribution >= 4 is 29.2 Å². The third kappa shape index (κ3) is 9.07. The third-order valence-electron chi connectivity index (χ3n) is 5.88. The molecule has 0 radical (unpaired) electrons. The first-order chi connectivity index (χ1) is 16.6. The normalized spacial score (nSPS) is 14.6. The maximum absolute atomic E-state index is 13.1. The zero-order chi connectivity index (χ0) is 26.0. The van der Waals surface area contributed by atoms with Crippen LogP contribution in [0.5, 0.6) is 0 Å². The van der Waals surface area contributed by atoms with Gasteiger partial charge in [-0.1, -0.05) is 51.1 Å². The largest absolute Gasteiger partial charge is 0.469 e. The highest BCUT2D eigenvalue weighted by Gasteiger charge is 2.27. The molecule has 9 heteroatoms. The number of rotatable bonds is 13. The van der Waals surface area contributed by atoms with Crippen molar-refractivity contribution in [1.82, 2.24) is 15.6 Å². The van der Waals surface area contributed by atoms with Crippen LogP contribution >= 0.6 is 11.3 Å². The molecule has 0 saturated carbocycles. The molecule has 1 amide bonds. The molecule has 35 heavy (non-hydrogen) atoms.